The first-order chi connectivity index (χ1) is 11.9. The number of benzene rings is 2. The molecule has 0 fully saturated rings. The van der Waals surface area contributed by atoms with E-state index in [-0.39, 0.29) is 11.4 Å². The van der Waals surface area contributed by atoms with Crippen molar-refractivity contribution in [1.82, 2.24) is 4.98 Å². The molecule has 1 heterocycles. The third-order valence-corrected chi connectivity index (χ3v) is 4.64. The van der Waals surface area contributed by atoms with Gasteiger partial charge in [-0.15, -0.1) is 0 Å². The summed E-state index contributed by atoms with van der Waals surface area (Å²) in [5.41, 5.74) is 8.97. The van der Waals surface area contributed by atoms with Gasteiger partial charge in [0.1, 0.15) is 23.3 Å². The van der Waals surface area contributed by atoms with Gasteiger partial charge in [0.05, 0.1) is 5.69 Å². The van der Waals surface area contributed by atoms with Crippen molar-refractivity contribution >= 4 is 33.3 Å². The highest BCUT2D eigenvalue weighted by Crippen LogP contribution is 2.37. The molecule has 0 bridgehead atoms. The second-order valence-corrected chi connectivity index (χ2v) is 6.82. The number of aromatic nitrogens is 1. The Hall–Kier alpha value is -2.42. The van der Waals surface area contributed by atoms with Crippen LogP contribution in [0.25, 0.3) is 22.4 Å². The number of halogens is 3. The first kappa shape index (κ1) is 17.4. The smallest absolute Gasteiger partial charge is 0.142 e. The largest absolute Gasteiger partial charge is 0.383 e. The summed E-state index contributed by atoms with van der Waals surface area (Å²) in [6.45, 7) is 1.80. The van der Waals surface area contributed by atoms with Gasteiger partial charge in [0.25, 0.3) is 0 Å². The van der Waals surface area contributed by atoms with Crippen LogP contribution in [-0.2, 0) is 0 Å². The van der Waals surface area contributed by atoms with Crippen LogP contribution in [0.3, 0.4) is 0 Å². The number of nitrogens with two attached hydrogens (primary N) is 1. The average Bonchev–Trinajstić information content (AvgIpc) is 2.58. The predicted molar refractivity (Wildman–Crippen MR) is 102 cm³/mol. The molecule has 124 valence electrons. The number of pyridine rings is 1. The Balaban J connectivity index is 2.34. The lowest BCUT2D eigenvalue weighted by Crippen LogP contribution is -2.04. The lowest BCUT2D eigenvalue weighted by molar-refractivity contribution is 0.630. The molecule has 3 aromatic rings. The summed E-state index contributed by atoms with van der Waals surface area (Å²) in [5, 5.41) is 10.1. The molecule has 3 rings (SSSR count). The zero-order chi connectivity index (χ0) is 18.1. The maximum Gasteiger partial charge on any atom is 0.142 e. The van der Waals surface area contributed by atoms with Crippen molar-refractivity contribution in [2.75, 3.05) is 5.73 Å². The molecule has 0 aliphatic rings. The van der Waals surface area contributed by atoms with Crippen LogP contribution >= 0.6 is 27.5 Å². The lowest BCUT2D eigenvalue weighted by Gasteiger charge is -2.15. The topological polar surface area (TPSA) is 62.7 Å². The highest BCUT2D eigenvalue weighted by molar-refractivity contribution is 9.10. The van der Waals surface area contributed by atoms with Crippen LogP contribution < -0.4 is 5.73 Å². The molecule has 0 aliphatic carbocycles. The maximum absolute atomic E-state index is 14.5. The summed E-state index contributed by atoms with van der Waals surface area (Å²) >= 11 is 9.18. The molecule has 0 saturated heterocycles. The molecule has 0 saturated carbocycles. The van der Waals surface area contributed by atoms with Gasteiger partial charge in [-0.25, -0.2) is 9.37 Å². The van der Waals surface area contributed by atoms with Gasteiger partial charge in [-0.2, -0.15) is 5.26 Å². The summed E-state index contributed by atoms with van der Waals surface area (Å²) in [7, 11) is 0. The minimum Gasteiger partial charge on any atom is -0.383 e. The van der Waals surface area contributed by atoms with Crippen molar-refractivity contribution in [3.05, 3.63) is 68.9 Å². The van der Waals surface area contributed by atoms with Crippen molar-refractivity contribution in [2.45, 2.75) is 6.92 Å². The molecule has 6 heteroatoms. The Morgan fingerprint density at radius 3 is 2.48 bits per heavy atom. The van der Waals surface area contributed by atoms with E-state index in [1.165, 1.54) is 6.07 Å². The summed E-state index contributed by atoms with van der Waals surface area (Å²) in [4.78, 5) is 4.36. The molecule has 0 atom stereocenters. The van der Waals surface area contributed by atoms with E-state index in [0.29, 0.717) is 31.9 Å². The lowest BCUT2D eigenvalue weighted by atomic mass is 9.92. The van der Waals surface area contributed by atoms with E-state index < -0.39 is 5.82 Å². The monoisotopic (exact) mass is 415 g/mol. The number of hydrogen-bond acceptors (Lipinski definition) is 3. The van der Waals surface area contributed by atoms with Crippen LogP contribution in [0.1, 0.15) is 11.1 Å². The maximum atomic E-state index is 14.5. The molecule has 2 aromatic carbocycles. The van der Waals surface area contributed by atoms with Crippen LogP contribution in [0.15, 0.2) is 46.9 Å². The molecule has 3 nitrogen and oxygen atoms in total. The highest BCUT2D eigenvalue weighted by Gasteiger charge is 2.20. The fraction of sp³-hybridized carbons (Fsp3) is 0.0526. The number of nitrogen functional groups attached to an aromatic ring is 1. The predicted octanol–water partition coefficient (Wildman–Crippen LogP) is 5.73. The summed E-state index contributed by atoms with van der Waals surface area (Å²) < 4.78 is 15.1. The standard InChI is InChI=1S/C19H12BrClFN3/c1-10-17(14-7-4-12(20)8-16(14)22)15(9-23)19(24)25-18(10)11-2-5-13(21)6-3-11/h2-8H,1H3,(H2,24,25). The van der Waals surface area contributed by atoms with Crippen LogP contribution in [0.5, 0.6) is 0 Å². The van der Waals surface area contributed by atoms with Crippen molar-refractivity contribution in [3.63, 3.8) is 0 Å². The minimum absolute atomic E-state index is 0.0652. The van der Waals surface area contributed by atoms with Crippen molar-refractivity contribution < 1.29 is 4.39 Å². The number of nitrogens with zero attached hydrogens (tertiary/aromatic N) is 2. The molecule has 25 heavy (non-hydrogen) atoms. The molecule has 0 unspecified atom stereocenters. The zero-order valence-electron chi connectivity index (χ0n) is 13.1. The van der Waals surface area contributed by atoms with Gasteiger partial charge in [0, 0.05) is 26.2 Å². The van der Waals surface area contributed by atoms with Gasteiger partial charge in [-0.1, -0.05) is 45.7 Å². The third kappa shape index (κ3) is 3.23. The van der Waals surface area contributed by atoms with E-state index in [0.717, 1.165) is 5.56 Å². The van der Waals surface area contributed by atoms with E-state index in [1.54, 1.807) is 31.2 Å². The number of anilines is 1. The van der Waals surface area contributed by atoms with Gasteiger partial charge >= 0.3 is 0 Å². The number of hydrogen-bond donors (Lipinski definition) is 1. The van der Waals surface area contributed by atoms with Crippen LogP contribution in [0, 0.1) is 24.1 Å². The van der Waals surface area contributed by atoms with E-state index in [1.807, 2.05) is 18.2 Å². The van der Waals surface area contributed by atoms with Gasteiger partial charge in [-0.05, 0) is 36.8 Å². The molecule has 0 amide bonds. The fourth-order valence-electron chi connectivity index (χ4n) is 2.73. The SMILES string of the molecule is Cc1c(-c2ccc(Cl)cc2)nc(N)c(C#N)c1-c1ccc(Br)cc1F. The first-order valence-corrected chi connectivity index (χ1v) is 8.51. The van der Waals surface area contributed by atoms with Gasteiger partial charge in [0.2, 0.25) is 0 Å². The molecule has 1 aromatic heterocycles. The Kier molecular flexibility index (Phi) is 4.76. The summed E-state index contributed by atoms with van der Waals surface area (Å²) in [6.07, 6.45) is 0. The Bertz CT molecular complexity index is 1010. The molecular weight excluding hydrogens is 405 g/mol. The average molecular weight is 417 g/mol. The van der Waals surface area contributed by atoms with E-state index in [4.69, 9.17) is 17.3 Å². The fourth-order valence-corrected chi connectivity index (χ4v) is 3.18. The van der Waals surface area contributed by atoms with Crippen LogP contribution in [-0.4, -0.2) is 4.98 Å². The van der Waals surface area contributed by atoms with Crippen molar-refractivity contribution in [2.24, 2.45) is 0 Å². The van der Waals surface area contributed by atoms with Crippen LogP contribution in [0.4, 0.5) is 10.2 Å². The van der Waals surface area contributed by atoms with Crippen molar-refractivity contribution in [3.8, 4) is 28.5 Å². The Morgan fingerprint density at radius 2 is 1.88 bits per heavy atom. The Morgan fingerprint density at radius 1 is 1.20 bits per heavy atom. The Labute approximate surface area is 158 Å². The number of rotatable bonds is 2. The second-order valence-electron chi connectivity index (χ2n) is 5.46. The van der Waals surface area contributed by atoms with Gasteiger partial charge in [0.15, 0.2) is 0 Å². The van der Waals surface area contributed by atoms with Crippen LogP contribution in [0.2, 0.25) is 5.02 Å². The van der Waals surface area contributed by atoms with E-state index in [9.17, 15) is 9.65 Å². The quantitative estimate of drug-likeness (QED) is 0.580. The minimum atomic E-state index is -0.443. The molecule has 0 radical (unpaired) electrons. The number of nitriles is 1. The summed E-state index contributed by atoms with van der Waals surface area (Å²) in [6, 6.07) is 13.8. The van der Waals surface area contributed by atoms with Gasteiger partial charge in [-0.3, -0.25) is 0 Å². The molecule has 2 N–H and O–H groups in total. The molecular formula is C19H12BrClFN3. The van der Waals surface area contributed by atoms with E-state index in [2.05, 4.69) is 20.9 Å². The van der Waals surface area contributed by atoms with Crippen molar-refractivity contribution in [1.29, 1.82) is 5.26 Å². The highest BCUT2D eigenvalue weighted by atomic mass is 79.9. The molecule has 0 spiro atoms. The van der Waals surface area contributed by atoms with E-state index >= 15 is 0 Å². The van der Waals surface area contributed by atoms with Gasteiger partial charge < -0.3 is 5.73 Å². The summed E-state index contributed by atoms with van der Waals surface area (Å²) in [5.74, 6) is -0.378. The second kappa shape index (κ2) is 6.83. The normalized spacial score (nSPS) is 10.5. The zero-order valence-corrected chi connectivity index (χ0v) is 15.5. The first-order valence-electron chi connectivity index (χ1n) is 7.34. The molecule has 0 aliphatic heterocycles. The third-order valence-electron chi connectivity index (χ3n) is 3.90.